The molecule has 0 saturated heterocycles. The van der Waals surface area contributed by atoms with Crippen LogP contribution < -0.4 is 0 Å². The molecule has 0 aliphatic carbocycles. The Balaban J connectivity index is 2.75. The maximum Gasteiger partial charge on any atom is 0.360 e. The third-order valence-electron chi connectivity index (χ3n) is 2.78. The summed E-state index contributed by atoms with van der Waals surface area (Å²) in [6, 6.07) is 8.49. The zero-order valence-corrected chi connectivity index (χ0v) is 12.3. The summed E-state index contributed by atoms with van der Waals surface area (Å²) in [5.74, 6) is -0.900. The number of hydrogen-bond acceptors (Lipinski definition) is 5. The van der Waals surface area contributed by atoms with Gasteiger partial charge in [-0.25, -0.2) is 4.79 Å². The van der Waals surface area contributed by atoms with Crippen molar-refractivity contribution in [2.24, 2.45) is 7.05 Å². The molecule has 21 heavy (non-hydrogen) atoms. The van der Waals surface area contributed by atoms with Crippen LogP contribution in [0, 0.1) is 0 Å². The molecule has 0 radical (unpaired) electrons. The largest absolute Gasteiger partial charge is 0.461 e. The summed E-state index contributed by atoms with van der Waals surface area (Å²) in [4.78, 5) is 11.3. The van der Waals surface area contributed by atoms with Crippen LogP contribution in [-0.4, -0.2) is 35.3 Å². The average Bonchev–Trinajstić information content (AvgIpc) is 2.78. The number of carbonyl (C=O) groups excluding carboxylic acids is 1. The molecule has 2 aromatic rings. The normalized spacial score (nSPS) is 11.4. The molecule has 0 amide bonds. The van der Waals surface area contributed by atoms with Crippen molar-refractivity contribution in [2.75, 3.05) is 6.61 Å². The third kappa shape index (κ3) is 2.96. The van der Waals surface area contributed by atoms with E-state index in [0.29, 0.717) is 5.56 Å². The molecule has 0 fully saturated rings. The van der Waals surface area contributed by atoms with E-state index in [9.17, 15) is 17.8 Å². The summed E-state index contributed by atoms with van der Waals surface area (Å²) in [5, 5.41) is 3.87. The van der Waals surface area contributed by atoms with E-state index in [1.807, 2.05) is 0 Å². The number of ether oxygens (including phenoxy) is 1. The molecule has 0 unspecified atom stereocenters. The van der Waals surface area contributed by atoms with Gasteiger partial charge in [-0.3, -0.25) is 9.23 Å². The van der Waals surface area contributed by atoms with Gasteiger partial charge in [-0.1, -0.05) is 30.3 Å². The second-order valence-electron chi connectivity index (χ2n) is 4.21. The summed E-state index contributed by atoms with van der Waals surface area (Å²) in [6.07, 6.45) is 0. The van der Waals surface area contributed by atoms with E-state index >= 15 is 0 Å². The van der Waals surface area contributed by atoms with E-state index in [0.717, 1.165) is 0 Å². The highest BCUT2D eigenvalue weighted by Crippen LogP contribution is 2.30. The summed E-state index contributed by atoms with van der Waals surface area (Å²) in [7, 11) is -3.15. The van der Waals surface area contributed by atoms with Gasteiger partial charge in [0.1, 0.15) is 0 Å². The fourth-order valence-electron chi connectivity index (χ4n) is 2.00. The van der Waals surface area contributed by atoms with Crippen molar-refractivity contribution in [3.05, 3.63) is 36.0 Å². The zero-order chi connectivity index (χ0) is 15.6. The van der Waals surface area contributed by atoms with E-state index in [2.05, 4.69) is 5.10 Å². The SMILES string of the molecule is CCOC(=O)c1nn(C)c(-c2ccccc2)c1S(=O)(=O)O. The maximum atomic E-state index is 11.8. The van der Waals surface area contributed by atoms with Gasteiger partial charge in [-0.05, 0) is 6.92 Å². The van der Waals surface area contributed by atoms with Gasteiger partial charge in [0.15, 0.2) is 10.6 Å². The molecule has 0 spiro atoms. The minimum atomic E-state index is -4.64. The van der Waals surface area contributed by atoms with Crippen LogP contribution in [0.25, 0.3) is 11.3 Å². The highest BCUT2D eigenvalue weighted by Gasteiger charge is 2.31. The lowest BCUT2D eigenvalue weighted by Crippen LogP contribution is -2.11. The molecular formula is C13H14N2O5S. The van der Waals surface area contributed by atoms with E-state index in [4.69, 9.17) is 4.74 Å². The van der Waals surface area contributed by atoms with Crippen molar-refractivity contribution >= 4 is 16.1 Å². The van der Waals surface area contributed by atoms with Crippen LogP contribution in [-0.2, 0) is 21.9 Å². The number of esters is 1. The Labute approximate surface area is 121 Å². The number of aromatic nitrogens is 2. The summed E-state index contributed by atoms with van der Waals surface area (Å²) >= 11 is 0. The summed E-state index contributed by atoms with van der Waals surface area (Å²) in [6.45, 7) is 1.66. The number of carbonyl (C=O) groups is 1. The molecule has 1 heterocycles. The van der Waals surface area contributed by atoms with Gasteiger partial charge in [-0.2, -0.15) is 13.5 Å². The van der Waals surface area contributed by atoms with E-state index < -0.39 is 26.7 Å². The molecule has 2 rings (SSSR count). The maximum absolute atomic E-state index is 11.8. The topological polar surface area (TPSA) is 98.5 Å². The van der Waals surface area contributed by atoms with Crippen LogP contribution in [0.3, 0.4) is 0 Å². The zero-order valence-electron chi connectivity index (χ0n) is 11.5. The van der Waals surface area contributed by atoms with Gasteiger partial charge >= 0.3 is 5.97 Å². The number of nitrogens with zero attached hydrogens (tertiary/aromatic N) is 2. The van der Waals surface area contributed by atoms with Crippen LogP contribution in [0.15, 0.2) is 35.2 Å². The lowest BCUT2D eigenvalue weighted by atomic mass is 10.1. The molecule has 1 N–H and O–H groups in total. The van der Waals surface area contributed by atoms with Crippen LogP contribution >= 0.6 is 0 Å². The predicted octanol–water partition coefficient (Wildman–Crippen LogP) is 1.51. The van der Waals surface area contributed by atoms with Gasteiger partial charge in [0.2, 0.25) is 0 Å². The van der Waals surface area contributed by atoms with Crippen molar-refractivity contribution in [3.8, 4) is 11.3 Å². The fraction of sp³-hybridized carbons (Fsp3) is 0.231. The number of benzene rings is 1. The number of hydrogen-bond donors (Lipinski definition) is 1. The average molecular weight is 310 g/mol. The quantitative estimate of drug-likeness (QED) is 0.679. The molecule has 8 heteroatoms. The van der Waals surface area contributed by atoms with Crippen molar-refractivity contribution in [1.82, 2.24) is 9.78 Å². The third-order valence-corrected chi connectivity index (χ3v) is 3.68. The smallest absolute Gasteiger partial charge is 0.360 e. The Morgan fingerprint density at radius 1 is 1.33 bits per heavy atom. The first-order chi connectivity index (χ1) is 9.86. The van der Waals surface area contributed by atoms with Crippen LogP contribution in [0.5, 0.6) is 0 Å². The van der Waals surface area contributed by atoms with Crippen LogP contribution in [0.2, 0.25) is 0 Å². The molecule has 0 atom stereocenters. The van der Waals surface area contributed by atoms with Crippen LogP contribution in [0.1, 0.15) is 17.4 Å². The standard InChI is InChI=1S/C13H14N2O5S/c1-3-20-13(16)10-12(21(17,18)19)11(15(2)14-10)9-7-5-4-6-8-9/h4-8H,3H2,1-2H3,(H,17,18,19). The molecule has 0 aliphatic rings. The molecular weight excluding hydrogens is 296 g/mol. The van der Waals surface area contributed by atoms with Crippen molar-refractivity contribution in [2.45, 2.75) is 11.8 Å². The second-order valence-corrected chi connectivity index (χ2v) is 5.57. The van der Waals surface area contributed by atoms with E-state index in [-0.39, 0.29) is 12.3 Å². The lowest BCUT2D eigenvalue weighted by Gasteiger charge is -2.04. The summed E-state index contributed by atoms with van der Waals surface area (Å²) in [5.41, 5.74) is 0.206. The Morgan fingerprint density at radius 2 is 1.95 bits per heavy atom. The summed E-state index contributed by atoms with van der Waals surface area (Å²) < 4.78 is 38.8. The van der Waals surface area contributed by atoms with Gasteiger partial charge < -0.3 is 4.74 Å². The first-order valence-corrected chi connectivity index (χ1v) is 7.57. The number of aryl methyl sites for hydroxylation is 1. The van der Waals surface area contributed by atoms with Gasteiger partial charge in [0.05, 0.1) is 12.3 Å². The van der Waals surface area contributed by atoms with Gasteiger partial charge in [0.25, 0.3) is 10.1 Å². The van der Waals surface area contributed by atoms with Gasteiger partial charge in [-0.15, -0.1) is 0 Å². The molecule has 1 aromatic carbocycles. The molecule has 1 aromatic heterocycles. The molecule has 112 valence electrons. The Bertz CT molecular complexity index is 765. The highest BCUT2D eigenvalue weighted by atomic mass is 32.2. The Hall–Kier alpha value is -2.19. The molecule has 0 aliphatic heterocycles. The molecule has 0 saturated carbocycles. The molecule has 0 bridgehead atoms. The van der Waals surface area contributed by atoms with Crippen molar-refractivity contribution in [3.63, 3.8) is 0 Å². The predicted molar refractivity (Wildman–Crippen MR) is 74.4 cm³/mol. The Kier molecular flexibility index (Phi) is 4.10. The van der Waals surface area contributed by atoms with Crippen molar-refractivity contribution in [1.29, 1.82) is 0 Å². The van der Waals surface area contributed by atoms with Crippen molar-refractivity contribution < 1.29 is 22.5 Å². The lowest BCUT2D eigenvalue weighted by molar-refractivity contribution is 0.0514. The number of rotatable bonds is 4. The van der Waals surface area contributed by atoms with E-state index in [1.54, 1.807) is 37.3 Å². The monoisotopic (exact) mass is 310 g/mol. The van der Waals surface area contributed by atoms with Crippen LogP contribution in [0.4, 0.5) is 0 Å². The minimum Gasteiger partial charge on any atom is -0.461 e. The first kappa shape index (κ1) is 15.2. The first-order valence-electron chi connectivity index (χ1n) is 6.13. The van der Waals surface area contributed by atoms with E-state index in [1.165, 1.54) is 11.7 Å². The van der Waals surface area contributed by atoms with Gasteiger partial charge in [0, 0.05) is 12.6 Å². The minimum absolute atomic E-state index is 0.0704. The Morgan fingerprint density at radius 3 is 2.48 bits per heavy atom. The highest BCUT2D eigenvalue weighted by molar-refractivity contribution is 7.86. The fourth-order valence-corrected chi connectivity index (χ4v) is 2.86. The second kappa shape index (κ2) is 5.66. The molecule has 7 nitrogen and oxygen atoms in total.